The van der Waals surface area contributed by atoms with E-state index in [9.17, 15) is 0 Å². The van der Waals surface area contributed by atoms with Crippen LogP contribution < -0.4 is 9.47 Å². The van der Waals surface area contributed by atoms with E-state index < -0.39 is 0 Å². The smallest absolute Gasteiger partial charge is 0.164 e. The second-order valence-corrected chi connectivity index (χ2v) is 9.62. The molecule has 1 aromatic carbocycles. The monoisotopic (exact) mass is 459 g/mol. The fourth-order valence-electron chi connectivity index (χ4n) is 5.17. The van der Waals surface area contributed by atoms with Crippen LogP contribution in [0.4, 0.5) is 0 Å². The number of ether oxygens (including phenoxy) is 2. The molecule has 0 radical (unpaired) electrons. The second-order valence-electron chi connectivity index (χ2n) is 9.62. The molecule has 33 heavy (non-hydrogen) atoms. The van der Waals surface area contributed by atoms with Crippen molar-refractivity contribution >= 4 is 0 Å². The summed E-state index contributed by atoms with van der Waals surface area (Å²) in [5.41, 5.74) is 2.68. The Hall–Kier alpha value is -1.48. The highest BCUT2D eigenvalue weighted by molar-refractivity contribution is 5.47. The quantitative estimate of drug-likeness (QED) is 0.395. The van der Waals surface area contributed by atoms with Crippen molar-refractivity contribution in [2.75, 3.05) is 27.2 Å². The molecule has 1 aromatic rings. The molecule has 0 amide bonds. The van der Waals surface area contributed by atoms with Gasteiger partial charge in [-0.05, 0) is 88.3 Å². The van der Waals surface area contributed by atoms with Gasteiger partial charge in [0.25, 0.3) is 0 Å². The number of rotatable bonds is 1. The van der Waals surface area contributed by atoms with Gasteiger partial charge in [-0.15, -0.1) is 0 Å². The Morgan fingerprint density at radius 3 is 2.06 bits per heavy atom. The van der Waals surface area contributed by atoms with Gasteiger partial charge in [-0.25, -0.2) is 0 Å². The summed E-state index contributed by atoms with van der Waals surface area (Å²) in [6, 6.07) is 6.05. The maximum Gasteiger partial charge on any atom is 0.164 e. The number of piperidine rings is 1. The summed E-state index contributed by atoms with van der Waals surface area (Å²) >= 11 is 0. The van der Waals surface area contributed by atoms with Crippen molar-refractivity contribution in [3.63, 3.8) is 0 Å². The molecular formula is C30H53NO2. The van der Waals surface area contributed by atoms with Crippen molar-refractivity contribution in [3.8, 4) is 11.5 Å². The Morgan fingerprint density at radius 2 is 1.61 bits per heavy atom. The number of hydrogen-bond donors (Lipinski definition) is 0. The number of para-hydroxylation sites is 1. The molecule has 4 atom stereocenters. The second kappa shape index (κ2) is 16.2. The van der Waals surface area contributed by atoms with Crippen LogP contribution in [0.2, 0.25) is 0 Å². The standard InChI is InChI=1S/C11H14O2.C8H14.C7H13N.2C2H6/c1-8-6-7-9-4-3-5-10(12-2)11(9)13-8;1-6-4-7-2-3-8(6)5-7;1-7-3-5-8(2)6-4-7;2*1-2/h3-5,8H,6-7H2,1-2H3;6-8H,2-5H2,1H3;1,3-6H2,2H3;2*1-2H3. The molecule has 3 nitrogen and oxygen atoms in total. The van der Waals surface area contributed by atoms with Crippen LogP contribution in [0.3, 0.4) is 0 Å². The first-order chi connectivity index (χ1) is 16.0. The summed E-state index contributed by atoms with van der Waals surface area (Å²) in [6.45, 7) is 18.8. The van der Waals surface area contributed by atoms with Gasteiger partial charge in [-0.1, -0.05) is 65.3 Å². The predicted octanol–water partition coefficient (Wildman–Crippen LogP) is 8.17. The molecule has 2 saturated carbocycles. The largest absolute Gasteiger partial charge is 0.493 e. The molecule has 0 aromatic heterocycles. The first-order valence-corrected chi connectivity index (χ1v) is 13.6. The molecule has 2 aliphatic carbocycles. The number of likely N-dealkylation sites (tertiary alicyclic amines) is 1. The predicted molar refractivity (Wildman–Crippen MR) is 145 cm³/mol. The van der Waals surface area contributed by atoms with Crippen LogP contribution >= 0.6 is 0 Å². The average Bonchev–Trinajstić information content (AvgIpc) is 3.46. The van der Waals surface area contributed by atoms with Crippen LogP contribution in [0.25, 0.3) is 0 Å². The Balaban J connectivity index is 0.000000238. The van der Waals surface area contributed by atoms with Crippen molar-refractivity contribution in [1.82, 2.24) is 4.90 Å². The van der Waals surface area contributed by atoms with Gasteiger partial charge in [0.2, 0.25) is 0 Å². The first-order valence-electron chi connectivity index (χ1n) is 13.6. The van der Waals surface area contributed by atoms with E-state index >= 15 is 0 Å². The zero-order valence-electron chi connectivity index (χ0n) is 23.1. The molecule has 4 aliphatic rings. The maximum atomic E-state index is 5.73. The summed E-state index contributed by atoms with van der Waals surface area (Å²) < 4.78 is 11.0. The highest BCUT2D eigenvalue weighted by Crippen LogP contribution is 2.47. The third kappa shape index (κ3) is 9.73. The molecule has 2 bridgehead atoms. The van der Waals surface area contributed by atoms with Gasteiger partial charge in [0.05, 0.1) is 13.2 Å². The molecule has 1 saturated heterocycles. The van der Waals surface area contributed by atoms with Crippen molar-refractivity contribution in [3.05, 3.63) is 35.9 Å². The minimum absolute atomic E-state index is 0.309. The minimum atomic E-state index is 0.309. The average molecular weight is 460 g/mol. The van der Waals surface area contributed by atoms with Crippen LogP contribution in [-0.2, 0) is 6.42 Å². The number of aryl methyl sites for hydroxylation is 1. The third-order valence-electron chi connectivity index (χ3n) is 7.21. The molecule has 2 heterocycles. The van der Waals surface area contributed by atoms with Crippen LogP contribution in [0.15, 0.2) is 30.4 Å². The molecule has 2 aliphatic heterocycles. The van der Waals surface area contributed by atoms with E-state index in [2.05, 4.69) is 38.4 Å². The van der Waals surface area contributed by atoms with Crippen molar-refractivity contribution in [2.24, 2.45) is 17.8 Å². The van der Waals surface area contributed by atoms with Crippen LogP contribution in [0.5, 0.6) is 11.5 Å². The minimum Gasteiger partial charge on any atom is -0.493 e. The van der Waals surface area contributed by atoms with E-state index in [1.54, 1.807) is 32.8 Å². The number of benzene rings is 1. The van der Waals surface area contributed by atoms with Crippen molar-refractivity contribution in [2.45, 2.75) is 99.0 Å². The summed E-state index contributed by atoms with van der Waals surface area (Å²) in [4.78, 5) is 2.34. The van der Waals surface area contributed by atoms with E-state index in [0.29, 0.717) is 6.10 Å². The molecule has 3 heteroatoms. The summed E-state index contributed by atoms with van der Waals surface area (Å²) in [7, 11) is 3.84. The number of nitrogens with zero attached hydrogens (tertiary/aromatic N) is 1. The Labute approximate surface area is 205 Å². The molecule has 0 spiro atoms. The molecule has 190 valence electrons. The fraction of sp³-hybridized carbons (Fsp3) is 0.733. The van der Waals surface area contributed by atoms with E-state index in [-0.39, 0.29) is 0 Å². The lowest BCUT2D eigenvalue weighted by atomic mass is 9.91. The van der Waals surface area contributed by atoms with Gasteiger partial charge in [-0.2, -0.15) is 0 Å². The van der Waals surface area contributed by atoms with E-state index in [4.69, 9.17) is 9.47 Å². The highest BCUT2D eigenvalue weighted by Gasteiger charge is 2.36. The van der Waals surface area contributed by atoms with Crippen LogP contribution in [-0.4, -0.2) is 38.3 Å². The number of hydrogen-bond acceptors (Lipinski definition) is 3. The first kappa shape index (κ1) is 29.6. The molecule has 5 rings (SSSR count). The van der Waals surface area contributed by atoms with Gasteiger partial charge >= 0.3 is 0 Å². The van der Waals surface area contributed by atoms with Crippen LogP contribution in [0.1, 0.15) is 92.1 Å². The van der Waals surface area contributed by atoms with Crippen molar-refractivity contribution < 1.29 is 9.47 Å². The fourth-order valence-corrected chi connectivity index (χ4v) is 5.17. The summed E-state index contributed by atoms with van der Waals surface area (Å²) in [5.74, 6) is 5.15. The van der Waals surface area contributed by atoms with E-state index in [1.165, 1.54) is 37.1 Å². The van der Waals surface area contributed by atoms with Gasteiger partial charge in [-0.3, -0.25) is 0 Å². The number of fused-ring (bicyclic) bond motifs is 3. The SMILES string of the molecule is C=C1CCN(C)CC1.CC.CC.CC1CC2CCC1C2.COc1cccc2c1OC(C)CC2. The lowest BCUT2D eigenvalue weighted by molar-refractivity contribution is 0.183. The Morgan fingerprint density at radius 1 is 0.939 bits per heavy atom. The van der Waals surface area contributed by atoms with E-state index in [1.807, 2.05) is 39.8 Å². The van der Waals surface area contributed by atoms with Gasteiger partial charge < -0.3 is 14.4 Å². The Bertz CT molecular complexity index is 645. The molecule has 3 fully saturated rings. The zero-order chi connectivity index (χ0) is 24.8. The third-order valence-corrected chi connectivity index (χ3v) is 7.21. The Kier molecular flexibility index (Phi) is 14.5. The van der Waals surface area contributed by atoms with Crippen LogP contribution in [0, 0.1) is 17.8 Å². The number of methoxy groups -OCH3 is 1. The van der Waals surface area contributed by atoms with Gasteiger partial charge in [0.15, 0.2) is 11.5 Å². The molecule has 4 unspecified atom stereocenters. The van der Waals surface area contributed by atoms with E-state index in [0.717, 1.165) is 42.1 Å². The lowest BCUT2D eigenvalue weighted by Crippen LogP contribution is -2.25. The molecular weight excluding hydrogens is 406 g/mol. The zero-order valence-corrected chi connectivity index (χ0v) is 23.1. The molecule has 0 N–H and O–H groups in total. The topological polar surface area (TPSA) is 21.7 Å². The normalized spacial score (nSPS) is 27.0. The summed E-state index contributed by atoms with van der Waals surface area (Å²) in [5, 5.41) is 0. The summed E-state index contributed by atoms with van der Waals surface area (Å²) in [6.07, 6.45) is 11.1. The maximum absolute atomic E-state index is 5.73. The van der Waals surface area contributed by atoms with Gasteiger partial charge in [0, 0.05) is 13.1 Å². The van der Waals surface area contributed by atoms with Gasteiger partial charge in [0.1, 0.15) is 0 Å². The highest BCUT2D eigenvalue weighted by atomic mass is 16.5. The van der Waals surface area contributed by atoms with Crippen molar-refractivity contribution in [1.29, 1.82) is 0 Å². The lowest BCUT2D eigenvalue weighted by Gasteiger charge is -2.24.